The summed E-state index contributed by atoms with van der Waals surface area (Å²) in [7, 11) is 0. The van der Waals surface area contributed by atoms with Crippen molar-refractivity contribution in [2.45, 2.75) is 0 Å². The zero-order valence-corrected chi connectivity index (χ0v) is 7.67. The van der Waals surface area contributed by atoms with E-state index in [0.29, 0.717) is 0 Å². The fourth-order valence-corrected chi connectivity index (χ4v) is 1.14. The molecular weight excluding hydrogens is 202 g/mol. The van der Waals surface area contributed by atoms with Crippen molar-refractivity contribution in [2.75, 3.05) is 11.9 Å². The summed E-state index contributed by atoms with van der Waals surface area (Å²) in [4.78, 5) is 19.8. The molecule has 1 rings (SSSR count). The summed E-state index contributed by atoms with van der Waals surface area (Å²) in [6.07, 6.45) is 0. The van der Waals surface area contributed by atoms with Crippen molar-refractivity contribution in [3.05, 3.63) is 45.4 Å². The van der Waals surface area contributed by atoms with Crippen molar-refractivity contribution in [3.8, 4) is 0 Å². The van der Waals surface area contributed by atoms with Crippen molar-refractivity contribution >= 4 is 17.1 Å². The van der Waals surface area contributed by atoms with Crippen LogP contribution in [0.3, 0.4) is 0 Å². The molecule has 0 atom stereocenters. The van der Waals surface area contributed by atoms with Crippen molar-refractivity contribution in [3.63, 3.8) is 0 Å². The minimum Gasteiger partial charge on any atom is -0.374 e. The first-order valence-electron chi connectivity index (χ1n) is 4.03. The highest BCUT2D eigenvalue weighted by Crippen LogP contribution is 2.33. The molecule has 79 valence electrons. The Labute approximate surface area is 85.0 Å². The zero-order chi connectivity index (χ0) is 11.4. The molecule has 0 spiro atoms. The van der Waals surface area contributed by atoms with Gasteiger partial charge in [0.15, 0.2) is 5.69 Å². The van der Waals surface area contributed by atoms with E-state index in [4.69, 9.17) is 0 Å². The first-order valence-corrected chi connectivity index (χ1v) is 4.03. The summed E-state index contributed by atoms with van der Waals surface area (Å²) in [5, 5.41) is 23.7. The van der Waals surface area contributed by atoms with Gasteiger partial charge in [-0.05, 0) is 13.0 Å². The smallest absolute Gasteiger partial charge is 0.299 e. The second-order valence-corrected chi connectivity index (χ2v) is 2.61. The molecule has 0 aromatic heterocycles. The van der Waals surface area contributed by atoms with E-state index >= 15 is 0 Å². The van der Waals surface area contributed by atoms with Gasteiger partial charge in [-0.15, -0.1) is 0 Å². The van der Waals surface area contributed by atoms with Gasteiger partial charge in [0.1, 0.15) is 0 Å². The maximum absolute atomic E-state index is 10.6. The van der Waals surface area contributed by atoms with Gasteiger partial charge >= 0.3 is 0 Å². The third-order valence-corrected chi connectivity index (χ3v) is 1.72. The average Bonchev–Trinajstić information content (AvgIpc) is 2.17. The highest BCUT2D eigenvalue weighted by Gasteiger charge is 2.23. The Kier molecular flexibility index (Phi) is 3.17. The summed E-state index contributed by atoms with van der Waals surface area (Å²) in [5.74, 6) is 0. The molecular formula is C8H8N3O4. The lowest BCUT2D eigenvalue weighted by molar-refractivity contribution is -0.392. The molecule has 7 heteroatoms. The Morgan fingerprint density at radius 2 is 1.67 bits per heavy atom. The quantitative estimate of drug-likeness (QED) is 0.602. The third-order valence-electron chi connectivity index (χ3n) is 1.72. The second-order valence-electron chi connectivity index (χ2n) is 2.61. The molecule has 0 aliphatic heterocycles. The predicted molar refractivity (Wildman–Crippen MR) is 53.6 cm³/mol. The summed E-state index contributed by atoms with van der Waals surface area (Å²) < 4.78 is 0. The molecule has 0 saturated carbocycles. The molecule has 0 fully saturated rings. The molecule has 1 radical (unpaired) electrons. The van der Waals surface area contributed by atoms with Gasteiger partial charge in [0, 0.05) is 18.7 Å². The van der Waals surface area contributed by atoms with Gasteiger partial charge in [-0.25, -0.2) is 0 Å². The first-order chi connectivity index (χ1) is 7.07. The van der Waals surface area contributed by atoms with Crippen molar-refractivity contribution in [1.82, 2.24) is 0 Å². The number of anilines is 1. The third kappa shape index (κ3) is 2.19. The van der Waals surface area contributed by atoms with Crippen LogP contribution in [0.2, 0.25) is 0 Å². The molecule has 0 amide bonds. The van der Waals surface area contributed by atoms with Gasteiger partial charge in [0.25, 0.3) is 11.4 Å². The molecule has 1 aromatic rings. The minimum atomic E-state index is -0.676. The van der Waals surface area contributed by atoms with Crippen LogP contribution in [-0.2, 0) is 0 Å². The number of hydrogen-bond acceptors (Lipinski definition) is 5. The van der Waals surface area contributed by atoms with Gasteiger partial charge in [-0.1, -0.05) is 0 Å². The molecule has 0 aliphatic carbocycles. The molecule has 0 saturated heterocycles. The van der Waals surface area contributed by atoms with E-state index < -0.39 is 9.85 Å². The van der Waals surface area contributed by atoms with E-state index in [0.717, 1.165) is 0 Å². The Bertz CT molecular complexity index is 373. The minimum absolute atomic E-state index is 0.109. The van der Waals surface area contributed by atoms with Crippen molar-refractivity contribution in [1.29, 1.82) is 0 Å². The Hall–Kier alpha value is -2.18. The number of nitro benzene ring substituents is 2. The van der Waals surface area contributed by atoms with Gasteiger partial charge in [-0.2, -0.15) is 0 Å². The fourth-order valence-electron chi connectivity index (χ4n) is 1.14. The number of benzene rings is 1. The molecule has 7 nitrogen and oxygen atoms in total. The maximum atomic E-state index is 10.6. The second kappa shape index (κ2) is 4.36. The van der Waals surface area contributed by atoms with Crippen molar-refractivity contribution in [2.24, 2.45) is 0 Å². The monoisotopic (exact) mass is 210 g/mol. The first kappa shape index (κ1) is 10.9. The van der Waals surface area contributed by atoms with E-state index in [-0.39, 0.29) is 23.6 Å². The van der Waals surface area contributed by atoms with Crippen LogP contribution in [0.15, 0.2) is 18.2 Å². The fraction of sp³-hybridized carbons (Fsp3) is 0.125. The normalized spacial score (nSPS) is 9.67. The van der Waals surface area contributed by atoms with Crippen LogP contribution in [0.4, 0.5) is 17.1 Å². The lowest BCUT2D eigenvalue weighted by atomic mass is 10.2. The zero-order valence-electron chi connectivity index (χ0n) is 7.67. The molecule has 0 heterocycles. The van der Waals surface area contributed by atoms with Crippen LogP contribution < -0.4 is 5.32 Å². The molecule has 0 bridgehead atoms. The van der Waals surface area contributed by atoms with Crippen LogP contribution in [-0.4, -0.2) is 16.4 Å². The topological polar surface area (TPSA) is 98.3 Å². The van der Waals surface area contributed by atoms with Crippen LogP contribution in [0.1, 0.15) is 0 Å². The van der Waals surface area contributed by atoms with E-state index in [1.165, 1.54) is 18.2 Å². The molecule has 1 aromatic carbocycles. The largest absolute Gasteiger partial charge is 0.374 e. The van der Waals surface area contributed by atoms with Gasteiger partial charge in [0.05, 0.1) is 9.85 Å². The van der Waals surface area contributed by atoms with Gasteiger partial charge < -0.3 is 5.32 Å². The van der Waals surface area contributed by atoms with Crippen LogP contribution in [0, 0.1) is 27.2 Å². The van der Waals surface area contributed by atoms with E-state index in [2.05, 4.69) is 12.2 Å². The summed E-state index contributed by atoms with van der Waals surface area (Å²) in [6, 6.07) is 3.67. The number of nitro groups is 2. The van der Waals surface area contributed by atoms with E-state index in [9.17, 15) is 20.2 Å². The predicted octanol–water partition coefficient (Wildman–Crippen LogP) is 1.75. The Balaban J connectivity index is 3.34. The van der Waals surface area contributed by atoms with E-state index in [1.807, 2.05) is 0 Å². The van der Waals surface area contributed by atoms with Crippen LogP contribution in [0.5, 0.6) is 0 Å². The van der Waals surface area contributed by atoms with E-state index in [1.54, 1.807) is 0 Å². The van der Waals surface area contributed by atoms with Crippen molar-refractivity contribution < 1.29 is 9.85 Å². The summed E-state index contributed by atoms with van der Waals surface area (Å²) in [6.45, 7) is 3.56. The SMILES string of the molecule is [CH2]CNc1c([N+](=O)[O-])cccc1[N+](=O)[O-]. The molecule has 1 N–H and O–H groups in total. The maximum Gasteiger partial charge on any atom is 0.299 e. The summed E-state index contributed by atoms with van der Waals surface area (Å²) in [5.41, 5.74) is -0.761. The summed E-state index contributed by atoms with van der Waals surface area (Å²) >= 11 is 0. The molecule has 15 heavy (non-hydrogen) atoms. The van der Waals surface area contributed by atoms with Gasteiger partial charge in [0.2, 0.25) is 0 Å². The number of hydrogen-bond donors (Lipinski definition) is 1. The number of rotatable bonds is 4. The Morgan fingerprint density at radius 3 is 2.00 bits per heavy atom. The highest BCUT2D eigenvalue weighted by atomic mass is 16.6. The molecule has 0 unspecified atom stereocenters. The Morgan fingerprint density at radius 1 is 1.20 bits per heavy atom. The number of nitrogens with one attached hydrogen (secondary N) is 1. The number of nitrogens with zero attached hydrogens (tertiary/aromatic N) is 2. The lowest BCUT2D eigenvalue weighted by Gasteiger charge is -2.04. The highest BCUT2D eigenvalue weighted by molar-refractivity contribution is 5.73. The number of para-hydroxylation sites is 1. The van der Waals surface area contributed by atoms with Crippen LogP contribution >= 0.6 is 0 Å². The van der Waals surface area contributed by atoms with Crippen LogP contribution in [0.25, 0.3) is 0 Å². The standard InChI is InChI=1S/C8H8N3O4/c1-2-9-8-6(10(12)13)4-3-5-7(8)11(14)15/h3-5,9H,1-2H2. The molecule has 0 aliphatic rings. The van der Waals surface area contributed by atoms with Gasteiger partial charge in [-0.3, -0.25) is 20.2 Å². The lowest BCUT2D eigenvalue weighted by Crippen LogP contribution is -2.04. The average molecular weight is 210 g/mol.